The lowest BCUT2D eigenvalue weighted by molar-refractivity contribution is 0.184. The van der Waals surface area contributed by atoms with E-state index in [0.29, 0.717) is 30.4 Å². The lowest BCUT2D eigenvalue weighted by atomic mass is 9.97. The number of halogens is 2. The molecule has 3 heterocycles. The number of aromatic nitrogens is 3. The molecule has 1 fully saturated rings. The van der Waals surface area contributed by atoms with Crippen LogP contribution < -0.4 is 0 Å². The topological polar surface area (TPSA) is 55.1 Å². The van der Waals surface area contributed by atoms with Crippen molar-refractivity contribution in [2.24, 2.45) is 0 Å². The first-order valence-electron chi connectivity index (χ1n) is 8.60. The van der Waals surface area contributed by atoms with E-state index >= 15 is 0 Å². The molecule has 4 rings (SSSR count). The van der Waals surface area contributed by atoms with Crippen molar-refractivity contribution < 1.29 is 13.2 Å². The number of pyridine rings is 1. The van der Waals surface area contributed by atoms with Gasteiger partial charge < -0.3 is 4.42 Å². The molecular weight excluding hydrogens is 338 g/mol. The maximum absolute atomic E-state index is 13.9. The zero-order valence-electron chi connectivity index (χ0n) is 14.1. The van der Waals surface area contributed by atoms with Crippen LogP contribution in [0.3, 0.4) is 0 Å². The molecule has 1 saturated heterocycles. The normalized spacial score (nSPS) is 18.2. The Kier molecular flexibility index (Phi) is 4.71. The van der Waals surface area contributed by atoms with Crippen LogP contribution in [0.25, 0.3) is 11.5 Å². The van der Waals surface area contributed by atoms with Gasteiger partial charge in [0.05, 0.1) is 11.5 Å². The molecule has 0 amide bonds. The van der Waals surface area contributed by atoms with E-state index in [9.17, 15) is 8.78 Å². The predicted molar refractivity (Wildman–Crippen MR) is 91.1 cm³/mol. The van der Waals surface area contributed by atoms with Crippen LogP contribution in [0.15, 0.2) is 47.1 Å². The second-order valence-electron chi connectivity index (χ2n) is 6.47. The third kappa shape index (κ3) is 3.48. The molecule has 7 heteroatoms. The predicted octanol–water partition coefficient (Wildman–Crippen LogP) is 3.79. The van der Waals surface area contributed by atoms with E-state index in [1.807, 2.05) is 12.1 Å². The van der Waals surface area contributed by atoms with Gasteiger partial charge in [0, 0.05) is 31.0 Å². The quantitative estimate of drug-likeness (QED) is 0.712. The molecule has 0 saturated carbocycles. The summed E-state index contributed by atoms with van der Waals surface area (Å²) in [6.07, 6.45) is 5.23. The summed E-state index contributed by atoms with van der Waals surface area (Å²) in [7, 11) is 0. The average Bonchev–Trinajstić information content (AvgIpc) is 3.17. The Morgan fingerprint density at radius 1 is 1.15 bits per heavy atom. The van der Waals surface area contributed by atoms with E-state index in [4.69, 9.17) is 4.42 Å². The molecule has 0 N–H and O–H groups in total. The number of benzene rings is 1. The van der Waals surface area contributed by atoms with Crippen molar-refractivity contribution in [3.8, 4) is 11.5 Å². The van der Waals surface area contributed by atoms with E-state index in [2.05, 4.69) is 20.1 Å². The number of nitrogens with zero attached hydrogens (tertiary/aromatic N) is 4. The fourth-order valence-electron chi connectivity index (χ4n) is 3.32. The Morgan fingerprint density at radius 2 is 2.08 bits per heavy atom. The van der Waals surface area contributed by atoms with Gasteiger partial charge in [-0.1, -0.05) is 12.1 Å². The lowest BCUT2D eigenvalue weighted by Crippen LogP contribution is -2.34. The fourth-order valence-corrected chi connectivity index (χ4v) is 3.32. The van der Waals surface area contributed by atoms with Gasteiger partial charge >= 0.3 is 0 Å². The van der Waals surface area contributed by atoms with Crippen molar-refractivity contribution in [2.45, 2.75) is 25.3 Å². The lowest BCUT2D eigenvalue weighted by Gasteiger charge is -2.31. The third-order valence-corrected chi connectivity index (χ3v) is 4.63. The Bertz CT molecular complexity index is 884. The number of piperidine rings is 1. The molecule has 1 aliphatic heterocycles. The summed E-state index contributed by atoms with van der Waals surface area (Å²) in [5, 5.41) is 8.30. The first-order chi connectivity index (χ1) is 12.7. The minimum Gasteiger partial charge on any atom is -0.420 e. The molecule has 0 unspecified atom stereocenters. The van der Waals surface area contributed by atoms with E-state index < -0.39 is 11.6 Å². The minimum atomic E-state index is -0.811. The van der Waals surface area contributed by atoms with Gasteiger partial charge in [0.25, 0.3) is 0 Å². The van der Waals surface area contributed by atoms with E-state index in [1.165, 1.54) is 6.07 Å². The number of hydrogen-bond donors (Lipinski definition) is 0. The van der Waals surface area contributed by atoms with E-state index in [1.54, 1.807) is 18.5 Å². The number of likely N-dealkylation sites (tertiary alicyclic amines) is 1. The van der Waals surface area contributed by atoms with Gasteiger partial charge in [0.15, 0.2) is 11.6 Å². The first-order valence-corrected chi connectivity index (χ1v) is 8.60. The monoisotopic (exact) mass is 356 g/mol. The highest BCUT2D eigenvalue weighted by Gasteiger charge is 2.26. The molecule has 1 aliphatic rings. The largest absolute Gasteiger partial charge is 0.420 e. The Balaban J connectivity index is 1.47. The van der Waals surface area contributed by atoms with Gasteiger partial charge in [-0.3, -0.25) is 9.88 Å². The van der Waals surface area contributed by atoms with E-state index in [-0.39, 0.29) is 5.92 Å². The highest BCUT2D eigenvalue weighted by atomic mass is 19.2. The van der Waals surface area contributed by atoms with Crippen molar-refractivity contribution in [3.05, 3.63) is 65.8 Å². The summed E-state index contributed by atoms with van der Waals surface area (Å²) in [6, 6.07) is 7.97. The molecular formula is C19H18F2N4O. The summed E-state index contributed by atoms with van der Waals surface area (Å²) in [6.45, 7) is 1.87. The zero-order valence-corrected chi connectivity index (χ0v) is 14.1. The highest BCUT2D eigenvalue weighted by Crippen LogP contribution is 2.29. The second-order valence-corrected chi connectivity index (χ2v) is 6.47. The van der Waals surface area contributed by atoms with Gasteiger partial charge in [0.1, 0.15) is 0 Å². The van der Waals surface area contributed by atoms with Crippen LogP contribution in [-0.2, 0) is 6.54 Å². The van der Waals surface area contributed by atoms with Crippen LogP contribution in [-0.4, -0.2) is 33.2 Å². The first kappa shape index (κ1) is 16.8. The summed E-state index contributed by atoms with van der Waals surface area (Å²) in [5.41, 5.74) is 1.15. The van der Waals surface area contributed by atoms with Gasteiger partial charge in [0.2, 0.25) is 11.8 Å². The molecule has 0 spiro atoms. The second kappa shape index (κ2) is 7.29. The van der Waals surface area contributed by atoms with Crippen molar-refractivity contribution in [1.82, 2.24) is 20.1 Å². The van der Waals surface area contributed by atoms with Crippen LogP contribution in [0.2, 0.25) is 0 Å². The fraction of sp³-hybridized carbons (Fsp3) is 0.316. The molecule has 134 valence electrons. The molecule has 0 aliphatic carbocycles. The van der Waals surface area contributed by atoms with Crippen molar-refractivity contribution in [2.75, 3.05) is 13.1 Å². The molecule has 5 nitrogen and oxygen atoms in total. The highest BCUT2D eigenvalue weighted by molar-refractivity contribution is 5.50. The summed E-state index contributed by atoms with van der Waals surface area (Å²) in [5.74, 6) is -0.478. The maximum Gasteiger partial charge on any atom is 0.249 e. The van der Waals surface area contributed by atoms with E-state index in [0.717, 1.165) is 31.0 Å². The van der Waals surface area contributed by atoms with Gasteiger partial charge in [-0.25, -0.2) is 8.78 Å². The van der Waals surface area contributed by atoms with Gasteiger partial charge in [-0.15, -0.1) is 10.2 Å². The SMILES string of the molecule is Fc1cccc(CN2CCC[C@H](c3nnc(-c4cccnc4)o3)C2)c1F. The summed E-state index contributed by atoms with van der Waals surface area (Å²) >= 11 is 0. The minimum absolute atomic E-state index is 0.0818. The summed E-state index contributed by atoms with van der Waals surface area (Å²) in [4.78, 5) is 6.15. The molecule has 3 aromatic rings. The molecule has 0 bridgehead atoms. The van der Waals surface area contributed by atoms with Crippen LogP contribution in [0.5, 0.6) is 0 Å². The van der Waals surface area contributed by atoms with Crippen molar-refractivity contribution in [1.29, 1.82) is 0 Å². The Morgan fingerprint density at radius 3 is 2.92 bits per heavy atom. The van der Waals surface area contributed by atoms with Crippen molar-refractivity contribution >= 4 is 0 Å². The average molecular weight is 356 g/mol. The maximum atomic E-state index is 13.9. The zero-order chi connectivity index (χ0) is 17.9. The number of rotatable bonds is 4. The van der Waals surface area contributed by atoms with Gasteiger partial charge in [-0.2, -0.15) is 0 Å². The van der Waals surface area contributed by atoms with Crippen LogP contribution in [0.1, 0.15) is 30.2 Å². The van der Waals surface area contributed by atoms with Crippen LogP contribution in [0, 0.1) is 11.6 Å². The number of hydrogen-bond acceptors (Lipinski definition) is 5. The summed E-state index contributed by atoms with van der Waals surface area (Å²) < 4.78 is 33.2. The molecule has 2 aromatic heterocycles. The standard InChI is InChI=1S/C19H18F2N4O/c20-16-7-1-4-14(17(16)21)11-25-9-3-6-15(12-25)19-24-23-18(26-19)13-5-2-8-22-10-13/h1-2,4-5,7-8,10,15H,3,6,9,11-12H2/t15-/m0/s1. The van der Waals surface area contributed by atoms with Crippen LogP contribution >= 0.6 is 0 Å². The molecule has 1 atom stereocenters. The third-order valence-electron chi connectivity index (χ3n) is 4.63. The van der Waals surface area contributed by atoms with Crippen LogP contribution in [0.4, 0.5) is 8.78 Å². The Labute approximate surface area is 149 Å². The Hall–Kier alpha value is -2.67. The molecule has 0 radical (unpaired) electrons. The molecule has 26 heavy (non-hydrogen) atoms. The van der Waals surface area contributed by atoms with Gasteiger partial charge in [-0.05, 0) is 37.6 Å². The van der Waals surface area contributed by atoms with Crippen molar-refractivity contribution in [3.63, 3.8) is 0 Å². The molecule has 1 aromatic carbocycles. The smallest absolute Gasteiger partial charge is 0.249 e.